The van der Waals surface area contributed by atoms with Crippen molar-refractivity contribution in [3.8, 4) is 0 Å². The molecule has 1 aliphatic carbocycles. The van der Waals surface area contributed by atoms with Gasteiger partial charge in [-0.15, -0.1) is 0 Å². The van der Waals surface area contributed by atoms with E-state index in [1.165, 1.54) is 0 Å². The first-order chi connectivity index (χ1) is 11.3. The highest BCUT2D eigenvalue weighted by atomic mass is 32.2. The average molecular weight is 357 g/mol. The van der Waals surface area contributed by atoms with Crippen LogP contribution < -0.4 is 10.0 Å². The van der Waals surface area contributed by atoms with E-state index in [9.17, 15) is 12.8 Å². The fourth-order valence-corrected chi connectivity index (χ4v) is 4.09. The molecule has 0 aromatic heterocycles. The van der Waals surface area contributed by atoms with Crippen LogP contribution in [0.4, 0.5) is 10.1 Å². The third-order valence-electron chi connectivity index (χ3n) is 4.82. The van der Waals surface area contributed by atoms with E-state index in [-0.39, 0.29) is 11.3 Å². The van der Waals surface area contributed by atoms with E-state index in [4.69, 9.17) is 0 Å². The van der Waals surface area contributed by atoms with Crippen molar-refractivity contribution in [1.82, 2.24) is 4.72 Å². The topological polar surface area (TPSA) is 58.2 Å². The molecular weight excluding hydrogens is 327 g/mol. The fourth-order valence-electron chi connectivity index (χ4n) is 3.11. The predicted molar refractivity (Wildman–Crippen MR) is 97.4 cm³/mol. The van der Waals surface area contributed by atoms with Gasteiger partial charge in [0, 0.05) is 18.3 Å². The lowest BCUT2D eigenvalue weighted by atomic mass is 9.86. The van der Waals surface area contributed by atoms with Gasteiger partial charge < -0.3 is 5.32 Å². The molecule has 24 heavy (non-hydrogen) atoms. The van der Waals surface area contributed by atoms with E-state index in [2.05, 4.69) is 10.0 Å². The third-order valence-corrected chi connectivity index (χ3v) is 6.73. The van der Waals surface area contributed by atoms with Gasteiger partial charge in [-0.3, -0.25) is 0 Å². The van der Waals surface area contributed by atoms with Crippen LogP contribution in [0.15, 0.2) is 18.2 Å². The highest BCUT2D eigenvalue weighted by Crippen LogP contribution is 2.26. The Bertz CT molecular complexity index is 638. The molecule has 4 nitrogen and oxygen atoms in total. The summed E-state index contributed by atoms with van der Waals surface area (Å²) in [5, 5.41) is 3.07. The molecule has 0 aliphatic heterocycles. The van der Waals surface area contributed by atoms with E-state index in [1.54, 1.807) is 13.8 Å². The molecule has 1 aromatic carbocycles. The fraction of sp³-hybridized carbons (Fsp3) is 0.667. The number of rotatable bonds is 7. The second kappa shape index (κ2) is 8.30. The van der Waals surface area contributed by atoms with Crippen molar-refractivity contribution >= 4 is 15.7 Å². The molecular formula is C18H29FN2O2S. The molecule has 2 rings (SSSR count). The van der Waals surface area contributed by atoms with Crippen molar-refractivity contribution in [2.75, 3.05) is 11.9 Å². The Hall–Kier alpha value is -1.14. The van der Waals surface area contributed by atoms with Gasteiger partial charge in [0.05, 0.1) is 5.25 Å². The van der Waals surface area contributed by atoms with Gasteiger partial charge in [-0.1, -0.05) is 12.1 Å². The monoisotopic (exact) mass is 356 g/mol. The summed E-state index contributed by atoms with van der Waals surface area (Å²) in [6.45, 7) is 5.83. The lowest BCUT2D eigenvalue weighted by Gasteiger charge is -2.30. The summed E-state index contributed by atoms with van der Waals surface area (Å²) < 4.78 is 39.3. The first-order valence-electron chi connectivity index (χ1n) is 8.72. The second-order valence-electron chi connectivity index (χ2n) is 7.09. The van der Waals surface area contributed by atoms with E-state index in [1.807, 2.05) is 25.1 Å². The van der Waals surface area contributed by atoms with Crippen molar-refractivity contribution in [3.05, 3.63) is 29.3 Å². The summed E-state index contributed by atoms with van der Waals surface area (Å²) >= 11 is 0. The van der Waals surface area contributed by atoms with Crippen molar-refractivity contribution in [1.29, 1.82) is 0 Å². The van der Waals surface area contributed by atoms with Crippen molar-refractivity contribution < 1.29 is 12.8 Å². The van der Waals surface area contributed by atoms with Crippen LogP contribution in [-0.2, 0) is 16.7 Å². The number of benzene rings is 1. The van der Waals surface area contributed by atoms with Gasteiger partial charge in [0.25, 0.3) is 0 Å². The van der Waals surface area contributed by atoms with Gasteiger partial charge in [-0.2, -0.15) is 0 Å². The zero-order chi connectivity index (χ0) is 17.7. The zero-order valence-electron chi connectivity index (χ0n) is 14.8. The van der Waals surface area contributed by atoms with Crippen LogP contribution in [0.1, 0.15) is 50.7 Å². The number of hydrogen-bond donors (Lipinski definition) is 2. The minimum atomic E-state index is -3.18. The zero-order valence-corrected chi connectivity index (χ0v) is 15.6. The smallest absolute Gasteiger partial charge is 0.214 e. The molecule has 0 amide bonds. The molecule has 1 aliphatic rings. The third kappa shape index (κ3) is 5.18. The molecule has 1 saturated carbocycles. The molecule has 6 heteroatoms. The lowest BCUT2D eigenvalue weighted by Crippen LogP contribution is -2.41. The Morgan fingerprint density at radius 2 is 1.88 bits per heavy atom. The molecule has 0 spiro atoms. The van der Waals surface area contributed by atoms with Crippen LogP contribution in [0.25, 0.3) is 0 Å². The number of hydrogen-bond acceptors (Lipinski definition) is 3. The first-order valence-corrected chi connectivity index (χ1v) is 10.3. The quantitative estimate of drug-likeness (QED) is 0.782. The Morgan fingerprint density at radius 3 is 2.42 bits per heavy atom. The molecule has 1 fully saturated rings. The van der Waals surface area contributed by atoms with E-state index < -0.39 is 16.7 Å². The Kier molecular flexibility index (Phi) is 6.63. The SMILES string of the molecule is Cc1cc(CF)ccc1NC[C@H]1CC[C@H](NS(=O)(=O)C(C)C)CC1. The van der Waals surface area contributed by atoms with Crippen molar-refractivity contribution in [2.24, 2.45) is 5.92 Å². The summed E-state index contributed by atoms with van der Waals surface area (Å²) in [5.74, 6) is 0.546. The molecule has 0 unspecified atom stereocenters. The van der Waals surface area contributed by atoms with Crippen LogP contribution in [0.5, 0.6) is 0 Å². The maximum atomic E-state index is 12.6. The summed E-state index contributed by atoms with van der Waals surface area (Å²) in [7, 11) is -3.18. The minimum Gasteiger partial charge on any atom is -0.385 e. The molecule has 0 radical (unpaired) electrons. The maximum Gasteiger partial charge on any atom is 0.214 e. The molecule has 0 saturated heterocycles. The van der Waals surface area contributed by atoms with E-state index >= 15 is 0 Å². The summed E-state index contributed by atoms with van der Waals surface area (Å²) in [4.78, 5) is 0. The second-order valence-corrected chi connectivity index (χ2v) is 9.36. The molecule has 0 bridgehead atoms. The standard InChI is InChI=1S/C18H29FN2O2S/c1-13(2)24(22,23)21-17-7-4-15(5-8-17)12-20-18-9-6-16(11-19)10-14(18)3/h6,9-10,13,15,17,20-21H,4-5,7-8,11-12H2,1-3H3/t15-,17-. The Labute approximate surface area is 145 Å². The number of aryl methyl sites for hydroxylation is 1. The van der Waals surface area contributed by atoms with Crippen LogP contribution in [-0.4, -0.2) is 26.3 Å². The van der Waals surface area contributed by atoms with Gasteiger partial charge in [-0.25, -0.2) is 17.5 Å². The Balaban J connectivity index is 1.79. The molecule has 2 N–H and O–H groups in total. The summed E-state index contributed by atoms with van der Waals surface area (Å²) in [6.07, 6.45) is 3.80. The first kappa shape index (κ1) is 19.2. The molecule has 0 atom stereocenters. The minimum absolute atomic E-state index is 0.0687. The van der Waals surface area contributed by atoms with E-state index in [0.29, 0.717) is 11.5 Å². The van der Waals surface area contributed by atoms with Crippen molar-refractivity contribution in [2.45, 2.75) is 64.4 Å². The van der Waals surface area contributed by atoms with Crippen LogP contribution >= 0.6 is 0 Å². The lowest BCUT2D eigenvalue weighted by molar-refractivity contribution is 0.323. The van der Waals surface area contributed by atoms with Gasteiger partial charge in [0.1, 0.15) is 6.67 Å². The van der Waals surface area contributed by atoms with Gasteiger partial charge >= 0.3 is 0 Å². The van der Waals surface area contributed by atoms with Crippen LogP contribution in [0.2, 0.25) is 0 Å². The van der Waals surface area contributed by atoms with Crippen LogP contribution in [0.3, 0.4) is 0 Å². The number of anilines is 1. The molecule has 1 aromatic rings. The summed E-state index contributed by atoms with van der Waals surface area (Å²) in [5.41, 5.74) is 2.81. The van der Waals surface area contributed by atoms with Gasteiger partial charge in [-0.05, 0) is 69.6 Å². The number of halogens is 1. The summed E-state index contributed by atoms with van der Waals surface area (Å²) in [6, 6.07) is 5.69. The largest absolute Gasteiger partial charge is 0.385 e. The predicted octanol–water partition coefficient (Wildman–Crippen LogP) is 3.76. The molecule has 0 heterocycles. The van der Waals surface area contributed by atoms with Crippen molar-refractivity contribution in [3.63, 3.8) is 0 Å². The van der Waals surface area contributed by atoms with Crippen LogP contribution in [0, 0.1) is 12.8 Å². The Morgan fingerprint density at radius 1 is 1.21 bits per heavy atom. The normalized spacial score (nSPS) is 21.9. The van der Waals surface area contributed by atoms with Gasteiger partial charge in [0.15, 0.2) is 0 Å². The number of sulfonamides is 1. The molecule has 136 valence electrons. The maximum absolute atomic E-state index is 12.6. The highest BCUT2D eigenvalue weighted by molar-refractivity contribution is 7.90. The number of nitrogens with one attached hydrogen (secondary N) is 2. The number of alkyl halides is 1. The average Bonchev–Trinajstić information content (AvgIpc) is 2.54. The highest BCUT2D eigenvalue weighted by Gasteiger charge is 2.26. The van der Waals surface area contributed by atoms with Gasteiger partial charge in [0.2, 0.25) is 10.0 Å². The van der Waals surface area contributed by atoms with E-state index in [0.717, 1.165) is 43.5 Å².